The highest BCUT2D eigenvalue weighted by atomic mass is 32.2. The van der Waals surface area contributed by atoms with E-state index >= 15 is 0 Å². The van der Waals surface area contributed by atoms with Gasteiger partial charge in [-0.05, 0) is 67.3 Å². The lowest BCUT2D eigenvalue weighted by atomic mass is 9.87. The molecule has 0 saturated carbocycles. The summed E-state index contributed by atoms with van der Waals surface area (Å²) in [4.78, 5) is 34.1. The number of fused-ring (bicyclic) bond motifs is 1. The van der Waals surface area contributed by atoms with Gasteiger partial charge in [-0.25, -0.2) is 27.9 Å². The molecular weight excluding hydrogens is 538 g/mol. The molecule has 0 aliphatic heterocycles. The minimum absolute atomic E-state index is 0.0476. The quantitative estimate of drug-likeness (QED) is 0.290. The van der Waals surface area contributed by atoms with Gasteiger partial charge in [-0.15, -0.1) is 0 Å². The van der Waals surface area contributed by atoms with Gasteiger partial charge in [0.2, 0.25) is 0 Å². The number of amides is 2. The second-order valence-electron chi connectivity index (χ2n) is 11.2. The van der Waals surface area contributed by atoms with Crippen molar-refractivity contribution in [2.45, 2.75) is 65.7 Å². The summed E-state index contributed by atoms with van der Waals surface area (Å²) in [5, 5.41) is 2.61. The molecule has 2 aromatic carbocycles. The average molecular weight is 576 g/mol. The lowest BCUT2D eigenvalue weighted by Crippen LogP contribution is -2.40. The predicted octanol–water partition coefficient (Wildman–Crippen LogP) is 4.99. The van der Waals surface area contributed by atoms with Gasteiger partial charge >= 0.3 is 6.03 Å². The molecule has 0 spiro atoms. The maximum atomic E-state index is 12.7. The van der Waals surface area contributed by atoms with Crippen molar-refractivity contribution in [3.8, 4) is 5.69 Å². The topological polar surface area (TPSA) is 123 Å². The lowest BCUT2D eigenvalue weighted by molar-refractivity contribution is -0.125. The molecule has 2 N–H and O–H groups in total. The summed E-state index contributed by atoms with van der Waals surface area (Å²) >= 11 is 0. The van der Waals surface area contributed by atoms with Gasteiger partial charge in [-0.3, -0.25) is 9.36 Å². The molecule has 41 heavy (non-hydrogen) atoms. The maximum Gasteiger partial charge on any atom is 0.328 e. The Morgan fingerprint density at radius 3 is 2.17 bits per heavy atom. The fraction of sp³-hybridized carbons (Fsp3) is 0.355. The number of rotatable bonds is 9. The molecule has 0 aliphatic rings. The lowest BCUT2D eigenvalue weighted by Gasteiger charge is -2.16. The second-order valence-corrected chi connectivity index (χ2v) is 12.9. The summed E-state index contributed by atoms with van der Waals surface area (Å²) in [5.41, 5.74) is 5.94. The number of benzene rings is 2. The van der Waals surface area contributed by atoms with E-state index in [1.54, 1.807) is 12.1 Å². The van der Waals surface area contributed by atoms with E-state index in [0.29, 0.717) is 12.0 Å². The number of nitrogens with zero attached hydrogens (tertiary/aromatic N) is 3. The largest absolute Gasteiger partial charge is 0.337 e. The molecule has 2 aromatic heterocycles. The van der Waals surface area contributed by atoms with Gasteiger partial charge in [0, 0.05) is 36.2 Å². The first kappa shape index (κ1) is 29.9. The fourth-order valence-electron chi connectivity index (χ4n) is 4.50. The molecule has 4 rings (SSSR count). The number of sulfonamides is 1. The summed E-state index contributed by atoms with van der Waals surface area (Å²) in [6.45, 7) is 11.9. The van der Waals surface area contributed by atoms with Crippen LogP contribution in [-0.2, 0) is 34.1 Å². The Balaban J connectivity index is 1.34. The van der Waals surface area contributed by atoms with Gasteiger partial charge in [0.05, 0.1) is 4.90 Å². The number of carbonyl (C=O) groups is 2. The van der Waals surface area contributed by atoms with Crippen LogP contribution in [0.25, 0.3) is 16.9 Å². The van der Waals surface area contributed by atoms with Crippen LogP contribution in [0.5, 0.6) is 0 Å². The molecule has 0 aliphatic carbocycles. The second kappa shape index (κ2) is 11.8. The van der Waals surface area contributed by atoms with Crippen molar-refractivity contribution in [1.82, 2.24) is 24.6 Å². The Morgan fingerprint density at radius 2 is 1.56 bits per heavy atom. The van der Waals surface area contributed by atoms with Crippen LogP contribution in [-0.4, -0.2) is 41.3 Å². The van der Waals surface area contributed by atoms with Crippen molar-refractivity contribution in [2.75, 3.05) is 6.54 Å². The first-order valence-electron chi connectivity index (χ1n) is 13.7. The van der Waals surface area contributed by atoms with Crippen LogP contribution in [0.2, 0.25) is 0 Å². The zero-order chi connectivity index (χ0) is 29.9. The van der Waals surface area contributed by atoms with E-state index in [2.05, 4.69) is 16.8 Å². The molecule has 9 nitrogen and oxygen atoms in total. The molecule has 10 heteroatoms. The third kappa shape index (κ3) is 7.00. The van der Waals surface area contributed by atoms with Crippen LogP contribution in [0.15, 0.2) is 59.5 Å². The SMILES string of the molecule is CCc1nc2c(C)cc(C)nc2n1-c1ccc(CCNC(=O)NS(=O)(=O)c2ccc(CC(=O)C(C)(C)C)cc2)cc1. The smallest absolute Gasteiger partial charge is 0.328 e. The highest BCUT2D eigenvalue weighted by Crippen LogP contribution is 2.24. The number of pyridine rings is 1. The Kier molecular flexibility index (Phi) is 8.63. The van der Waals surface area contributed by atoms with E-state index in [-0.39, 0.29) is 23.6 Å². The van der Waals surface area contributed by atoms with Crippen molar-refractivity contribution < 1.29 is 18.0 Å². The first-order valence-corrected chi connectivity index (χ1v) is 15.1. The van der Waals surface area contributed by atoms with Crippen LogP contribution >= 0.6 is 0 Å². The normalized spacial score (nSPS) is 12.0. The summed E-state index contributed by atoms with van der Waals surface area (Å²) in [6, 6.07) is 15.2. The summed E-state index contributed by atoms with van der Waals surface area (Å²) in [7, 11) is -4.05. The van der Waals surface area contributed by atoms with Gasteiger partial charge < -0.3 is 5.32 Å². The number of imidazole rings is 1. The Labute approximate surface area is 241 Å². The minimum atomic E-state index is -4.05. The first-order chi connectivity index (χ1) is 19.3. The molecule has 0 unspecified atom stereocenters. The number of aromatic nitrogens is 3. The van der Waals surface area contributed by atoms with Gasteiger partial charge in [0.1, 0.15) is 17.1 Å². The molecule has 4 aromatic rings. The van der Waals surface area contributed by atoms with Crippen molar-refractivity contribution in [3.63, 3.8) is 0 Å². The van der Waals surface area contributed by atoms with Crippen LogP contribution in [0.1, 0.15) is 55.9 Å². The minimum Gasteiger partial charge on any atom is -0.337 e. The molecule has 0 atom stereocenters. The fourth-order valence-corrected chi connectivity index (χ4v) is 5.43. The third-order valence-electron chi connectivity index (χ3n) is 6.88. The maximum absolute atomic E-state index is 12.7. The van der Waals surface area contributed by atoms with Crippen LogP contribution < -0.4 is 10.0 Å². The van der Waals surface area contributed by atoms with E-state index in [4.69, 9.17) is 9.97 Å². The Morgan fingerprint density at radius 1 is 0.927 bits per heavy atom. The van der Waals surface area contributed by atoms with Crippen molar-refractivity contribution in [1.29, 1.82) is 0 Å². The highest BCUT2D eigenvalue weighted by Gasteiger charge is 2.22. The number of carbonyl (C=O) groups excluding carboxylic acids is 2. The van der Waals surface area contributed by atoms with E-state index in [1.165, 1.54) is 12.1 Å². The Bertz CT molecular complexity index is 1680. The van der Waals surface area contributed by atoms with Gasteiger partial charge in [-0.2, -0.15) is 0 Å². The standard InChI is InChI=1S/C31H37N5O4S/c1-7-27-34-28-20(2)18-21(3)33-29(28)36(27)24-12-8-22(9-13-24)16-17-32-30(38)35-41(39,40)25-14-10-23(11-15-25)19-26(37)31(4,5)6/h8-15,18H,7,16-17,19H2,1-6H3,(H2,32,35,38). The van der Waals surface area contributed by atoms with Gasteiger partial charge in [-0.1, -0.05) is 52.0 Å². The predicted molar refractivity (Wildman–Crippen MR) is 160 cm³/mol. The zero-order valence-electron chi connectivity index (χ0n) is 24.4. The number of urea groups is 1. The molecule has 0 saturated heterocycles. The van der Waals surface area contributed by atoms with E-state index in [0.717, 1.165) is 45.9 Å². The molecule has 0 bridgehead atoms. The monoisotopic (exact) mass is 575 g/mol. The molecule has 216 valence electrons. The van der Waals surface area contributed by atoms with Crippen molar-refractivity contribution >= 4 is 33.0 Å². The summed E-state index contributed by atoms with van der Waals surface area (Å²) < 4.78 is 29.4. The Hall–Kier alpha value is -4.05. The number of ketones is 1. The number of nitrogens with one attached hydrogen (secondary N) is 2. The van der Waals surface area contributed by atoms with Crippen molar-refractivity contribution in [3.05, 3.63) is 82.8 Å². The number of hydrogen-bond acceptors (Lipinski definition) is 6. The van der Waals surface area contributed by atoms with E-state index < -0.39 is 21.5 Å². The summed E-state index contributed by atoms with van der Waals surface area (Å²) in [6.07, 6.45) is 1.50. The molecule has 0 radical (unpaired) electrons. The number of aryl methyl sites for hydroxylation is 3. The van der Waals surface area contributed by atoms with Gasteiger partial charge in [0.25, 0.3) is 10.0 Å². The number of hydrogen-bond donors (Lipinski definition) is 2. The van der Waals surface area contributed by atoms with Crippen LogP contribution in [0.3, 0.4) is 0 Å². The molecule has 0 fully saturated rings. The average Bonchev–Trinajstić information content (AvgIpc) is 3.27. The van der Waals surface area contributed by atoms with E-state index in [9.17, 15) is 18.0 Å². The molecule has 2 amide bonds. The third-order valence-corrected chi connectivity index (χ3v) is 8.22. The molecular formula is C31H37N5O4S. The van der Waals surface area contributed by atoms with E-state index in [1.807, 2.05) is 69.7 Å². The van der Waals surface area contributed by atoms with Crippen LogP contribution in [0, 0.1) is 19.3 Å². The van der Waals surface area contributed by atoms with Gasteiger partial charge in [0.15, 0.2) is 5.65 Å². The summed E-state index contributed by atoms with van der Waals surface area (Å²) in [5.74, 6) is 0.991. The molecule has 2 heterocycles. The van der Waals surface area contributed by atoms with Crippen molar-refractivity contribution in [2.24, 2.45) is 5.41 Å². The van der Waals surface area contributed by atoms with Crippen LogP contribution in [0.4, 0.5) is 4.79 Å². The zero-order valence-corrected chi connectivity index (χ0v) is 25.2. The highest BCUT2D eigenvalue weighted by molar-refractivity contribution is 7.90. The number of Topliss-reactive ketones (excluding diaryl/α,β-unsaturated/α-hetero) is 1.